The van der Waals surface area contributed by atoms with Gasteiger partial charge in [-0.2, -0.15) is 0 Å². The highest BCUT2D eigenvalue weighted by Gasteiger charge is 2.40. The summed E-state index contributed by atoms with van der Waals surface area (Å²) >= 11 is 0. The predicted molar refractivity (Wildman–Crippen MR) is 76.1 cm³/mol. The number of β-amino-alcohol motifs (C(OH)–C–C–N with tert-alkyl or cyclic N) is 1. The van der Waals surface area contributed by atoms with Crippen LogP contribution >= 0.6 is 0 Å². The number of nitrogens with zero attached hydrogens (tertiary/aromatic N) is 1. The molecule has 0 saturated carbocycles. The van der Waals surface area contributed by atoms with Crippen LogP contribution in [0.15, 0.2) is 29.2 Å². The van der Waals surface area contributed by atoms with Gasteiger partial charge < -0.3 is 10.2 Å². The summed E-state index contributed by atoms with van der Waals surface area (Å²) in [4.78, 5) is 2.33. The largest absolute Gasteiger partial charge is 0.394 e. The van der Waals surface area contributed by atoms with Crippen molar-refractivity contribution in [3.05, 3.63) is 29.8 Å². The molecule has 1 aliphatic rings. The minimum atomic E-state index is -3.18. The van der Waals surface area contributed by atoms with Crippen LogP contribution in [-0.2, 0) is 16.4 Å². The summed E-state index contributed by atoms with van der Waals surface area (Å²) in [5.74, 6) is 0. The van der Waals surface area contributed by atoms with Crippen LogP contribution in [0, 0.1) is 0 Å². The lowest BCUT2D eigenvalue weighted by atomic mass is 9.99. The molecule has 1 fully saturated rings. The van der Waals surface area contributed by atoms with E-state index in [2.05, 4.69) is 0 Å². The molecule has 0 bridgehead atoms. The molecule has 0 amide bonds. The van der Waals surface area contributed by atoms with Crippen molar-refractivity contribution in [1.82, 2.24) is 4.90 Å². The van der Waals surface area contributed by atoms with E-state index in [0.717, 1.165) is 5.56 Å². The summed E-state index contributed by atoms with van der Waals surface area (Å²) in [7, 11) is -3.18. The number of aliphatic hydroxyl groups is 2. The summed E-state index contributed by atoms with van der Waals surface area (Å²) < 4.78 is 22.8. The third kappa shape index (κ3) is 3.20. The highest BCUT2D eigenvalue weighted by molar-refractivity contribution is 7.90. The first kappa shape index (κ1) is 15.4. The van der Waals surface area contributed by atoms with Crippen molar-refractivity contribution < 1.29 is 18.6 Å². The Balaban J connectivity index is 2.14. The molecule has 6 heteroatoms. The van der Waals surface area contributed by atoms with Crippen LogP contribution in [0.2, 0.25) is 0 Å². The summed E-state index contributed by atoms with van der Waals surface area (Å²) in [6, 6.07) is 6.73. The van der Waals surface area contributed by atoms with E-state index < -0.39 is 21.5 Å². The zero-order chi connectivity index (χ0) is 15.0. The molecule has 20 heavy (non-hydrogen) atoms. The van der Waals surface area contributed by atoms with Crippen molar-refractivity contribution in [2.24, 2.45) is 0 Å². The zero-order valence-corrected chi connectivity index (χ0v) is 12.6. The molecule has 5 nitrogen and oxygen atoms in total. The molecular formula is C14H21NO4S. The van der Waals surface area contributed by atoms with E-state index in [1.165, 1.54) is 6.26 Å². The van der Waals surface area contributed by atoms with E-state index in [0.29, 0.717) is 24.4 Å². The molecule has 2 N–H and O–H groups in total. The first-order chi connectivity index (χ1) is 9.24. The van der Waals surface area contributed by atoms with E-state index in [-0.39, 0.29) is 6.61 Å². The Morgan fingerprint density at radius 1 is 1.35 bits per heavy atom. The summed E-state index contributed by atoms with van der Waals surface area (Å²) in [6.07, 6.45) is 1.30. The molecule has 112 valence electrons. The molecule has 0 aliphatic carbocycles. The second-order valence-electron chi connectivity index (χ2n) is 5.81. The Bertz CT molecular complexity index is 569. The van der Waals surface area contributed by atoms with E-state index in [1.54, 1.807) is 24.3 Å². The summed E-state index contributed by atoms with van der Waals surface area (Å²) in [6.45, 7) is 3.02. The lowest BCUT2D eigenvalue weighted by Gasteiger charge is -2.33. The molecule has 2 rings (SSSR count). The van der Waals surface area contributed by atoms with Crippen LogP contribution < -0.4 is 0 Å². The van der Waals surface area contributed by atoms with Crippen LogP contribution in [0.5, 0.6) is 0 Å². The van der Waals surface area contributed by atoms with Crippen molar-refractivity contribution in [3.8, 4) is 0 Å². The summed E-state index contributed by atoms with van der Waals surface area (Å²) in [5, 5.41) is 19.3. The molecule has 1 aliphatic heterocycles. The number of likely N-dealkylation sites (tertiary alicyclic amines) is 1. The van der Waals surface area contributed by atoms with E-state index in [1.807, 2.05) is 11.8 Å². The number of aliphatic hydroxyl groups excluding tert-OH is 2. The quantitative estimate of drug-likeness (QED) is 0.842. The van der Waals surface area contributed by atoms with Crippen molar-refractivity contribution in [3.63, 3.8) is 0 Å². The normalized spacial score (nSPS) is 27.9. The van der Waals surface area contributed by atoms with E-state index >= 15 is 0 Å². The van der Waals surface area contributed by atoms with Crippen LogP contribution in [-0.4, -0.2) is 54.6 Å². The van der Waals surface area contributed by atoms with Crippen molar-refractivity contribution in [2.45, 2.75) is 36.4 Å². The maximum atomic E-state index is 11.4. The van der Waals surface area contributed by atoms with Crippen LogP contribution in [0.25, 0.3) is 0 Å². The van der Waals surface area contributed by atoms with Crippen molar-refractivity contribution >= 4 is 9.84 Å². The van der Waals surface area contributed by atoms with Gasteiger partial charge in [0.05, 0.1) is 17.6 Å². The first-order valence-corrected chi connectivity index (χ1v) is 8.47. The fraction of sp³-hybridized carbons (Fsp3) is 0.571. The van der Waals surface area contributed by atoms with Gasteiger partial charge in [-0.15, -0.1) is 0 Å². The number of hydrogen-bond donors (Lipinski definition) is 2. The molecule has 2 atom stereocenters. The molecule has 1 heterocycles. The third-order valence-electron chi connectivity index (χ3n) is 3.94. The van der Waals surface area contributed by atoms with Crippen LogP contribution in [0.3, 0.4) is 0 Å². The molecule has 1 saturated heterocycles. The van der Waals surface area contributed by atoms with Gasteiger partial charge in [-0.1, -0.05) is 12.1 Å². The number of benzene rings is 1. The third-order valence-corrected chi connectivity index (χ3v) is 5.06. The van der Waals surface area contributed by atoms with Gasteiger partial charge >= 0.3 is 0 Å². The van der Waals surface area contributed by atoms with Crippen molar-refractivity contribution in [1.29, 1.82) is 0 Å². The fourth-order valence-corrected chi connectivity index (χ4v) is 3.29. The fourth-order valence-electron chi connectivity index (χ4n) is 2.66. The minimum absolute atomic E-state index is 0.00845. The van der Waals surface area contributed by atoms with Gasteiger partial charge in [-0.05, 0) is 31.0 Å². The highest BCUT2D eigenvalue weighted by atomic mass is 32.2. The maximum Gasteiger partial charge on any atom is 0.175 e. The molecular weight excluding hydrogens is 278 g/mol. The standard InChI is InChI=1S/C14H21NO4S/c1-14(10-16)7-12(17)9-15(14)8-11-3-5-13(6-4-11)20(2,18)19/h3-6,12,16-17H,7-10H2,1-2H3. The molecule has 2 unspecified atom stereocenters. The molecule has 1 aromatic rings. The summed E-state index contributed by atoms with van der Waals surface area (Å²) in [5.41, 5.74) is 0.542. The van der Waals surface area contributed by atoms with Gasteiger partial charge in [-0.3, -0.25) is 4.90 Å². The Morgan fingerprint density at radius 2 is 1.95 bits per heavy atom. The lowest BCUT2D eigenvalue weighted by Crippen LogP contribution is -2.43. The second-order valence-corrected chi connectivity index (χ2v) is 7.83. The Labute approximate surface area is 119 Å². The smallest absolute Gasteiger partial charge is 0.175 e. The molecule has 0 radical (unpaired) electrons. The maximum absolute atomic E-state index is 11.4. The van der Waals surface area contributed by atoms with Crippen LogP contribution in [0.1, 0.15) is 18.9 Å². The minimum Gasteiger partial charge on any atom is -0.394 e. The molecule has 0 spiro atoms. The van der Waals surface area contributed by atoms with Gasteiger partial charge in [0, 0.05) is 24.9 Å². The second kappa shape index (κ2) is 5.44. The van der Waals surface area contributed by atoms with E-state index in [4.69, 9.17) is 0 Å². The van der Waals surface area contributed by atoms with Gasteiger partial charge in [0.1, 0.15) is 0 Å². The molecule has 0 aromatic heterocycles. The van der Waals surface area contributed by atoms with Gasteiger partial charge in [-0.25, -0.2) is 8.42 Å². The predicted octanol–water partition coefficient (Wildman–Crippen LogP) is 0.408. The van der Waals surface area contributed by atoms with Gasteiger partial charge in [0.2, 0.25) is 0 Å². The average molecular weight is 299 g/mol. The van der Waals surface area contributed by atoms with Gasteiger partial charge in [0.25, 0.3) is 0 Å². The Morgan fingerprint density at radius 3 is 2.45 bits per heavy atom. The number of rotatable bonds is 4. The Kier molecular flexibility index (Phi) is 4.20. The zero-order valence-electron chi connectivity index (χ0n) is 11.8. The monoisotopic (exact) mass is 299 g/mol. The SMILES string of the molecule is CC1(CO)CC(O)CN1Cc1ccc(S(C)(=O)=O)cc1. The average Bonchev–Trinajstić information content (AvgIpc) is 2.64. The van der Waals surface area contributed by atoms with Crippen molar-refractivity contribution in [2.75, 3.05) is 19.4 Å². The highest BCUT2D eigenvalue weighted by Crippen LogP contribution is 2.30. The molecule has 1 aromatic carbocycles. The lowest BCUT2D eigenvalue weighted by molar-refractivity contribution is 0.0734. The topological polar surface area (TPSA) is 77.8 Å². The Hall–Kier alpha value is -0.950. The van der Waals surface area contributed by atoms with Gasteiger partial charge in [0.15, 0.2) is 9.84 Å². The number of sulfone groups is 1. The first-order valence-electron chi connectivity index (χ1n) is 6.57. The number of hydrogen-bond acceptors (Lipinski definition) is 5. The van der Waals surface area contributed by atoms with Crippen LogP contribution in [0.4, 0.5) is 0 Å². The van der Waals surface area contributed by atoms with E-state index in [9.17, 15) is 18.6 Å².